The van der Waals surface area contributed by atoms with Crippen LogP contribution in [0.1, 0.15) is 39.3 Å². The zero-order valence-electron chi connectivity index (χ0n) is 9.53. The highest BCUT2D eigenvalue weighted by atomic mass is 16.5. The first-order valence-corrected chi connectivity index (χ1v) is 4.92. The minimum atomic E-state index is 0.118. The number of nitrogens with zero attached hydrogens (tertiary/aromatic N) is 2. The Morgan fingerprint density at radius 3 is 2.21 bits per heavy atom. The van der Waals surface area contributed by atoms with Crippen molar-refractivity contribution in [2.24, 2.45) is 7.05 Å². The molecule has 0 aromatic carbocycles. The fraction of sp³-hybridized carbons (Fsp3) is 0.700. The van der Waals surface area contributed by atoms with E-state index in [1.165, 1.54) is 0 Å². The molecule has 0 spiro atoms. The molecule has 1 aromatic rings. The number of aryl methyl sites for hydroxylation is 1. The van der Waals surface area contributed by atoms with Gasteiger partial charge in [0.05, 0.1) is 11.8 Å². The topological polar surface area (TPSA) is 53.1 Å². The molecule has 0 fully saturated rings. The van der Waals surface area contributed by atoms with Crippen LogP contribution in [0.5, 0.6) is 5.88 Å². The summed E-state index contributed by atoms with van der Waals surface area (Å²) in [6, 6.07) is 0. The van der Waals surface area contributed by atoms with Gasteiger partial charge in [-0.25, -0.2) is 4.68 Å². The molecule has 1 aromatic heterocycles. The van der Waals surface area contributed by atoms with Crippen LogP contribution in [0.3, 0.4) is 0 Å². The van der Waals surface area contributed by atoms with Gasteiger partial charge in [-0.3, -0.25) is 0 Å². The Balaban J connectivity index is 3.05. The zero-order valence-corrected chi connectivity index (χ0v) is 9.53. The van der Waals surface area contributed by atoms with Crippen molar-refractivity contribution in [1.82, 2.24) is 9.78 Å². The molecule has 1 heterocycles. The Labute approximate surface area is 85.0 Å². The minimum Gasteiger partial charge on any atom is -0.474 e. The monoisotopic (exact) mass is 197 g/mol. The number of nitrogens with two attached hydrogens (primary N) is 1. The maximum atomic E-state index is 5.95. The van der Waals surface area contributed by atoms with Crippen molar-refractivity contribution in [3.05, 3.63) is 5.69 Å². The third-order valence-electron chi connectivity index (χ3n) is 1.95. The van der Waals surface area contributed by atoms with E-state index in [9.17, 15) is 0 Å². The van der Waals surface area contributed by atoms with Crippen LogP contribution in [0.25, 0.3) is 0 Å². The van der Waals surface area contributed by atoms with E-state index in [-0.39, 0.29) is 6.10 Å². The highest BCUT2D eigenvalue weighted by Crippen LogP contribution is 2.30. The zero-order chi connectivity index (χ0) is 10.9. The number of hydrogen-bond acceptors (Lipinski definition) is 3. The summed E-state index contributed by atoms with van der Waals surface area (Å²) in [5.74, 6) is 0.995. The predicted molar refractivity (Wildman–Crippen MR) is 57.5 cm³/mol. The van der Waals surface area contributed by atoms with E-state index in [1.807, 2.05) is 20.9 Å². The van der Waals surface area contributed by atoms with E-state index in [1.54, 1.807) is 4.68 Å². The molecule has 14 heavy (non-hydrogen) atoms. The fourth-order valence-corrected chi connectivity index (χ4v) is 1.33. The van der Waals surface area contributed by atoms with Gasteiger partial charge in [-0.05, 0) is 19.8 Å². The van der Waals surface area contributed by atoms with Gasteiger partial charge in [0.2, 0.25) is 5.88 Å². The summed E-state index contributed by atoms with van der Waals surface area (Å²) in [6.45, 7) is 8.08. The molecular formula is C10H19N3O. The lowest BCUT2D eigenvalue weighted by Crippen LogP contribution is -2.10. The highest BCUT2D eigenvalue weighted by Gasteiger charge is 2.17. The number of nitrogen functional groups attached to an aromatic ring is 1. The molecule has 4 heteroatoms. The summed E-state index contributed by atoms with van der Waals surface area (Å²) >= 11 is 0. The van der Waals surface area contributed by atoms with E-state index >= 15 is 0 Å². The van der Waals surface area contributed by atoms with Crippen LogP contribution in [-0.2, 0) is 7.05 Å². The SMILES string of the molecule is CC(C)Oc1c(N)c(C(C)C)nn1C. The lowest BCUT2D eigenvalue weighted by molar-refractivity contribution is 0.223. The van der Waals surface area contributed by atoms with E-state index in [0.717, 1.165) is 5.69 Å². The van der Waals surface area contributed by atoms with E-state index in [2.05, 4.69) is 18.9 Å². The molecular weight excluding hydrogens is 178 g/mol. The average Bonchev–Trinajstić information content (AvgIpc) is 2.31. The molecule has 0 aliphatic heterocycles. The largest absolute Gasteiger partial charge is 0.474 e. The quantitative estimate of drug-likeness (QED) is 0.805. The molecule has 0 saturated heterocycles. The second-order valence-electron chi connectivity index (χ2n) is 4.05. The Morgan fingerprint density at radius 2 is 1.86 bits per heavy atom. The maximum absolute atomic E-state index is 5.95. The van der Waals surface area contributed by atoms with Gasteiger partial charge in [-0.15, -0.1) is 0 Å². The highest BCUT2D eigenvalue weighted by molar-refractivity contribution is 5.54. The first-order chi connectivity index (χ1) is 6.43. The lowest BCUT2D eigenvalue weighted by Gasteiger charge is -2.10. The molecule has 0 atom stereocenters. The summed E-state index contributed by atoms with van der Waals surface area (Å²) in [7, 11) is 1.85. The molecule has 1 rings (SSSR count). The Morgan fingerprint density at radius 1 is 1.29 bits per heavy atom. The van der Waals surface area contributed by atoms with Crippen molar-refractivity contribution in [2.45, 2.75) is 39.7 Å². The first kappa shape index (κ1) is 10.9. The van der Waals surface area contributed by atoms with Crippen LogP contribution < -0.4 is 10.5 Å². The summed E-state index contributed by atoms with van der Waals surface area (Å²) in [5, 5.41) is 4.33. The van der Waals surface area contributed by atoms with E-state index in [4.69, 9.17) is 10.5 Å². The van der Waals surface area contributed by atoms with Crippen molar-refractivity contribution in [2.75, 3.05) is 5.73 Å². The Hall–Kier alpha value is -1.19. The molecule has 0 bridgehead atoms. The van der Waals surface area contributed by atoms with Crippen LogP contribution in [0.4, 0.5) is 5.69 Å². The van der Waals surface area contributed by atoms with Crippen molar-refractivity contribution >= 4 is 5.69 Å². The third kappa shape index (κ3) is 2.00. The molecule has 2 N–H and O–H groups in total. The second-order valence-corrected chi connectivity index (χ2v) is 4.05. The van der Waals surface area contributed by atoms with Crippen LogP contribution in [0, 0.1) is 0 Å². The number of rotatable bonds is 3. The third-order valence-corrected chi connectivity index (χ3v) is 1.95. The van der Waals surface area contributed by atoms with Crippen molar-refractivity contribution in [1.29, 1.82) is 0 Å². The van der Waals surface area contributed by atoms with Crippen LogP contribution in [-0.4, -0.2) is 15.9 Å². The van der Waals surface area contributed by atoms with Crippen molar-refractivity contribution < 1.29 is 4.74 Å². The fourth-order valence-electron chi connectivity index (χ4n) is 1.33. The van der Waals surface area contributed by atoms with Crippen molar-refractivity contribution in [3.63, 3.8) is 0 Å². The lowest BCUT2D eigenvalue weighted by atomic mass is 10.1. The predicted octanol–water partition coefficient (Wildman–Crippen LogP) is 1.91. The minimum absolute atomic E-state index is 0.118. The van der Waals surface area contributed by atoms with E-state index in [0.29, 0.717) is 17.5 Å². The molecule has 4 nitrogen and oxygen atoms in total. The van der Waals surface area contributed by atoms with Crippen molar-refractivity contribution in [3.8, 4) is 5.88 Å². The summed E-state index contributed by atoms with van der Waals surface area (Å²) in [4.78, 5) is 0. The standard InChI is InChI=1S/C10H19N3O/c1-6(2)9-8(11)10(13(5)12-9)14-7(3)4/h6-7H,11H2,1-5H3. The summed E-state index contributed by atoms with van der Waals surface area (Å²) in [5.41, 5.74) is 7.51. The number of anilines is 1. The molecule has 0 amide bonds. The normalized spacial score (nSPS) is 11.4. The molecule has 0 aliphatic carbocycles. The van der Waals surface area contributed by atoms with Gasteiger partial charge in [-0.2, -0.15) is 5.10 Å². The van der Waals surface area contributed by atoms with Gasteiger partial charge >= 0.3 is 0 Å². The van der Waals surface area contributed by atoms with Gasteiger partial charge < -0.3 is 10.5 Å². The van der Waals surface area contributed by atoms with Gasteiger partial charge in [0.25, 0.3) is 0 Å². The van der Waals surface area contributed by atoms with Crippen LogP contribution in [0.15, 0.2) is 0 Å². The summed E-state index contributed by atoms with van der Waals surface area (Å²) in [6.07, 6.45) is 0.118. The Kier molecular flexibility index (Phi) is 3.03. The maximum Gasteiger partial charge on any atom is 0.236 e. The van der Waals surface area contributed by atoms with Gasteiger partial charge in [0.15, 0.2) is 0 Å². The average molecular weight is 197 g/mol. The first-order valence-electron chi connectivity index (χ1n) is 4.92. The van der Waals surface area contributed by atoms with E-state index < -0.39 is 0 Å². The number of hydrogen-bond donors (Lipinski definition) is 1. The molecule has 0 aliphatic rings. The van der Waals surface area contributed by atoms with Crippen LogP contribution >= 0.6 is 0 Å². The smallest absolute Gasteiger partial charge is 0.236 e. The van der Waals surface area contributed by atoms with Gasteiger partial charge in [0, 0.05) is 7.05 Å². The van der Waals surface area contributed by atoms with Crippen LogP contribution in [0.2, 0.25) is 0 Å². The van der Waals surface area contributed by atoms with Gasteiger partial charge in [0.1, 0.15) is 5.69 Å². The number of aromatic nitrogens is 2. The van der Waals surface area contributed by atoms with Gasteiger partial charge in [-0.1, -0.05) is 13.8 Å². The molecule has 0 unspecified atom stereocenters. The molecule has 0 radical (unpaired) electrons. The number of ether oxygens (including phenoxy) is 1. The Bertz CT molecular complexity index is 315. The second kappa shape index (κ2) is 3.90. The molecule has 0 saturated carbocycles. The summed E-state index contributed by atoms with van der Waals surface area (Å²) < 4.78 is 7.28. The molecule has 80 valence electrons.